The van der Waals surface area contributed by atoms with Crippen LogP contribution in [0.2, 0.25) is 0 Å². The van der Waals surface area contributed by atoms with Crippen LogP contribution >= 0.6 is 0 Å². The Kier molecular flexibility index (Phi) is 6.06. The maximum absolute atomic E-state index is 5.51. The van der Waals surface area contributed by atoms with Gasteiger partial charge in [-0.3, -0.25) is 4.98 Å². The van der Waals surface area contributed by atoms with E-state index in [2.05, 4.69) is 65.6 Å². The van der Waals surface area contributed by atoms with Gasteiger partial charge in [0.15, 0.2) is 11.5 Å². The quantitative estimate of drug-likeness (QED) is 0.331. The summed E-state index contributed by atoms with van der Waals surface area (Å²) in [6.45, 7) is 12.7. The first-order chi connectivity index (χ1) is 18.3. The molecule has 2 aliphatic rings. The van der Waals surface area contributed by atoms with Crippen molar-refractivity contribution >= 4 is 16.7 Å². The molecule has 0 N–H and O–H groups in total. The van der Waals surface area contributed by atoms with E-state index in [1.54, 1.807) is 14.2 Å². The molecule has 2 fully saturated rings. The lowest BCUT2D eigenvalue weighted by atomic mass is 9.72. The third-order valence-electron chi connectivity index (χ3n) is 8.01. The second-order valence-corrected chi connectivity index (χ2v) is 11.5. The Morgan fingerprint density at radius 3 is 2.21 bits per heavy atom. The summed E-state index contributed by atoms with van der Waals surface area (Å²) in [6, 6.07) is 16.9. The standard InChI is InChI=1S/C31H37N5O2/c1-20(2)15-35-16-31(17-35)18-36(19-31)24-10-7-22(8-11-24)25-14-26-29(21(3)32-25)33-30(34(26)4)23-9-12-27(37-5)28(13-23)38-6/h7-14,20H,15-19H2,1-6H3. The first kappa shape index (κ1) is 24.7. The van der Waals surface area contributed by atoms with Gasteiger partial charge in [-0.05, 0) is 49.2 Å². The van der Waals surface area contributed by atoms with Crippen molar-refractivity contribution in [1.29, 1.82) is 0 Å². The molecule has 1 spiro atoms. The first-order valence-electron chi connectivity index (χ1n) is 13.4. The number of aryl methyl sites for hydroxylation is 2. The lowest BCUT2D eigenvalue weighted by Crippen LogP contribution is -2.72. The average Bonchev–Trinajstić information content (AvgIpc) is 3.21. The second-order valence-electron chi connectivity index (χ2n) is 11.5. The van der Waals surface area contributed by atoms with Crippen molar-refractivity contribution < 1.29 is 9.47 Å². The minimum Gasteiger partial charge on any atom is -0.493 e. The highest BCUT2D eigenvalue weighted by Gasteiger charge is 2.51. The maximum atomic E-state index is 5.51. The highest BCUT2D eigenvalue weighted by atomic mass is 16.5. The molecule has 7 nitrogen and oxygen atoms in total. The molecular weight excluding hydrogens is 474 g/mol. The number of methoxy groups -OCH3 is 2. The Balaban J connectivity index is 1.22. The monoisotopic (exact) mass is 511 g/mol. The number of nitrogens with zero attached hydrogens (tertiary/aromatic N) is 5. The largest absolute Gasteiger partial charge is 0.493 e. The van der Waals surface area contributed by atoms with Crippen LogP contribution in [0.25, 0.3) is 33.7 Å². The molecule has 198 valence electrons. The van der Waals surface area contributed by atoms with Crippen molar-refractivity contribution in [2.75, 3.05) is 51.8 Å². The van der Waals surface area contributed by atoms with Crippen LogP contribution in [0.1, 0.15) is 19.5 Å². The molecule has 0 aliphatic carbocycles. The summed E-state index contributed by atoms with van der Waals surface area (Å²) in [6.07, 6.45) is 0. The number of imidazole rings is 1. The van der Waals surface area contributed by atoms with Crippen molar-refractivity contribution in [3.63, 3.8) is 0 Å². The molecule has 2 aromatic heterocycles. The zero-order valence-corrected chi connectivity index (χ0v) is 23.3. The number of pyridine rings is 1. The van der Waals surface area contributed by atoms with E-state index in [4.69, 9.17) is 19.4 Å². The molecule has 2 saturated heterocycles. The molecule has 38 heavy (non-hydrogen) atoms. The molecule has 0 unspecified atom stereocenters. The van der Waals surface area contributed by atoms with E-state index in [1.807, 2.05) is 25.1 Å². The van der Waals surface area contributed by atoms with Crippen molar-refractivity contribution in [1.82, 2.24) is 19.4 Å². The van der Waals surface area contributed by atoms with Crippen LogP contribution < -0.4 is 14.4 Å². The number of fused-ring (bicyclic) bond motifs is 1. The van der Waals surface area contributed by atoms with Gasteiger partial charge < -0.3 is 23.8 Å². The Labute approximate surface area is 225 Å². The van der Waals surface area contributed by atoms with Gasteiger partial charge >= 0.3 is 0 Å². The predicted octanol–water partition coefficient (Wildman–Crippen LogP) is 5.41. The summed E-state index contributed by atoms with van der Waals surface area (Å²) < 4.78 is 13.0. The van der Waals surface area contributed by atoms with Gasteiger partial charge in [0, 0.05) is 62.0 Å². The first-order valence-corrected chi connectivity index (χ1v) is 13.4. The third kappa shape index (κ3) is 4.19. The molecule has 6 rings (SSSR count). The maximum Gasteiger partial charge on any atom is 0.161 e. The molecule has 0 atom stereocenters. The summed E-state index contributed by atoms with van der Waals surface area (Å²) in [4.78, 5) is 15.0. The predicted molar refractivity (Wildman–Crippen MR) is 153 cm³/mol. The van der Waals surface area contributed by atoms with Crippen LogP contribution in [0.3, 0.4) is 0 Å². The summed E-state index contributed by atoms with van der Waals surface area (Å²) in [5, 5.41) is 0. The average molecular weight is 512 g/mol. The fraction of sp³-hybridized carbons (Fsp3) is 0.419. The zero-order valence-electron chi connectivity index (χ0n) is 23.3. The number of rotatable bonds is 7. The van der Waals surface area contributed by atoms with Crippen LogP contribution in [-0.4, -0.2) is 66.4 Å². The summed E-state index contributed by atoms with van der Waals surface area (Å²) in [5.41, 5.74) is 7.76. The van der Waals surface area contributed by atoms with Gasteiger partial charge in [-0.25, -0.2) is 4.98 Å². The van der Waals surface area contributed by atoms with E-state index >= 15 is 0 Å². The van der Waals surface area contributed by atoms with Gasteiger partial charge in [0.25, 0.3) is 0 Å². The van der Waals surface area contributed by atoms with Crippen molar-refractivity contribution in [3.05, 3.63) is 54.2 Å². The van der Waals surface area contributed by atoms with Crippen LogP contribution in [0, 0.1) is 18.3 Å². The minimum atomic E-state index is 0.516. The number of hydrogen-bond acceptors (Lipinski definition) is 6. The zero-order chi connectivity index (χ0) is 26.6. The van der Waals surface area contributed by atoms with Crippen molar-refractivity contribution in [2.24, 2.45) is 18.4 Å². The van der Waals surface area contributed by atoms with Crippen LogP contribution in [0.15, 0.2) is 48.5 Å². The number of likely N-dealkylation sites (tertiary alicyclic amines) is 1. The summed E-state index contributed by atoms with van der Waals surface area (Å²) in [7, 11) is 5.35. The van der Waals surface area contributed by atoms with Gasteiger partial charge in [-0.2, -0.15) is 0 Å². The Bertz CT molecular complexity index is 1480. The van der Waals surface area contributed by atoms with Crippen LogP contribution in [-0.2, 0) is 7.05 Å². The van der Waals surface area contributed by atoms with Crippen LogP contribution in [0.4, 0.5) is 5.69 Å². The van der Waals surface area contributed by atoms with Crippen molar-refractivity contribution in [2.45, 2.75) is 20.8 Å². The highest BCUT2D eigenvalue weighted by molar-refractivity contribution is 5.86. The molecule has 4 aromatic rings. The molecular formula is C31H37N5O2. The molecule has 7 heteroatoms. The van der Waals surface area contributed by atoms with E-state index in [0.717, 1.165) is 58.4 Å². The van der Waals surface area contributed by atoms with E-state index < -0.39 is 0 Å². The number of anilines is 1. The lowest BCUT2D eigenvalue weighted by molar-refractivity contribution is -0.0279. The van der Waals surface area contributed by atoms with Gasteiger partial charge in [0.2, 0.25) is 0 Å². The molecule has 4 heterocycles. The number of hydrogen-bond donors (Lipinski definition) is 0. The van der Waals surface area contributed by atoms with Gasteiger partial charge in [-0.15, -0.1) is 0 Å². The minimum absolute atomic E-state index is 0.516. The van der Waals surface area contributed by atoms with Gasteiger partial charge in [0.1, 0.15) is 11.3 Å². The highest BCUT2D eigenvalue weighted by Crippen LogP contribution is 2.42. The van der Waals surface area contributed by atoms with E-state index in [0.29, 0.717) is 16.9 Å². The normalized spacial score (nSPS) is 16.7. The molecule has 0 bridgehead atoms. The topological polar surface area (TPSA) is 55.7 Å². The lowest BCUT2D eigenvalue weighted by Gasteiger charge is -2.61. The number of ether oxygens (including phenoxy) is 2. The third-order valence-corrected chi connectivity index (χ3v) is 8.01. The second kappa shape index (κ2) is 9.31. The Hall–Kier alpha value is -3.58. The fourth-order valence-electron chi connectivity index (χ4n) is 6.26. The summed E-state index contributed by atoms with van der Waals surface area (Å²) >= 11 is 0. The van der Waals surface area contributed by atoms with Crippen molar-refractivity contribution in [3.8, 4) is 34.1 Å². The number of aromatic nitrogens is 3. The SMILES string of the molecule is COc1ccc(-c2nc3c(C)nc(-c4ccc(N5CC6(CN(CC(C)C)C6)C5)cc4)cc3n2C)cc1OC. The van der Waals surface area contributed by atoms with Gasteiger partial charge in [0.05, 0.1) is 31.1 Å². The Morgan fingerprint density at radius 2 is 1.55 bits per heavy atom. The van der Waals surface area contributed by atoms with E-state index in [9.17, 15) is 0 Å². The Morgan fingerprint density at radius 1 is 0.868 bits per heavy atom. The molecule has 2 aromatic carbocycles. The fourth-order valence-corrected chi connectivity index (χ4v) is 6.26. The van der Waals surface area contributed by atoms with E-state index in [-0.39, 0.29) is 0 Å². The summed E-state index contributed by atoms with van der Waals surface area (Å²) in [5.74, 6) is 3.00. The molecule has 0 amide bonds. The van der Waals surface area contributed by atoms with Crippen LogP contribution in [0.5, 0.6) is 11.5 Å². The van der Waals surface area contributed by atoms with E-state index in [1.165, 1.54) is 25.3 Å². The molecule has 2 aliphatic heterocycles. The smallest absolute Gasteiger partial charge is 0.161 e. The van der Waals surface area contributed by atoms with Gasteiger partial charge in [-0.1, -0.05) is 26.0 Å². The number of benzene rings is 2. The molecule has 0 radical (unpaired) electrons. The molecule has 0 saturated carbocycles.